The molecule has 0 aliphatic carbocycles. The summed E-state index contributed by atoms with van der Waals surface area (Å²) in [7, 11) is 1.76. The Balaban J connectivity index is 0.00000225. The van der Waals surface area contributed by atoms with Crippen LogP contribution < -0.4 is 5.73 Å². The van der Waals surface area contributed by atoms with Gasteiger partial charge in [0.15, 0.2) is 0 Å². The fourth-order valence-corrected chi connectivity index (χ4v) is 2.00. The summed E-state index contributed by atoms with van der Waals surface area (Å²) >= 11 is 1.55. The largest absolute Gasteiger partial charge is 0.338 e. The fraction of sp³-hybridized carbons (Fsp3) is 0.600. The second kappa shape index (κ2) is 7.60. The van der Waals surface area contributed by atoms with Gasteiger partial charge in [-0.25, -0.2) is 4.98 Å². The molecule has 1 heterocycles. The Morgan fingerprint density at radius 3 is 2.88 bits per heavy atom. The van der Waals surface area contributed by atoms with E-state index in [2.05, 4.69) is 4.98 Å². The van der Waals surface area contributed by atoms with Gasteiger partial charge in [-0.15, -0.1) is 23.7 Å². The molecular formula is C10H18ClN3OS. The molecule has 1 aromatic rings. The Morgan fingerprint density at radius 1 is 1.69 bits per heavy atom. The number of hydrogen-bond acceptors (Lipinski definition) is 4. The molecule has 1 rings (SSSR count). The van der Waals surface area contributed by atoms with Gasteiger partial charge in [0.25, 0.3) is 0 Å². The lowest BCUT2D eigenvalue weighted by molar-refractivity contribution is -0.131. The van der Waals surface area contributed by atoms with E-state index in [4.69, 9.17) is 5.73 Å². The highest BCUT2D eigenvalue weighted by atomic mass is 35.5. The molecular weight excluding hydrogens is 246 g/mol. The van der Waals surface area contributed by atoms with Crippen LogP contribution in [0.3, 0.4) is 0 Å². The first-order valence-electron chi connectivity index (χ1n) is 5.04. The minimum atomic E-state index is -0.375. The molecule has 92 valence electrons. The van der Waals surface area contributed by atoms with Gasteiger partial charge in [0.2, 0.25) is 5.91 Å². The SMILES string of the molecule is CCCC(N)C(=O)N(C)Cc1nccs1.Cl. The van der Waals surface area contributed by atoms with E-state index in [1.807, 2.05) is 12.3 Å². The minimum absolute atomic E-state index is 0. The Hall–Kier alpha value is -0.650. The molecule has 0 saturated heterocycles. The lowest BCUT2D eigenvalue weighted by Gasteiger charge is -2.19. The number of likely N-dealkylation sites (N-methyl/N-ethyl adjacent to an activating group) is 1. The lowest BCUT2D eigenvalue weighted by Crippen LogP contribution is -2.41. The highest BCUT2D eigenvalue weighted by Gasteiger charge is 2.17. The van der Waals surface area contributed by atoms with Crippen LogP contribution in [-0.2, 0) is 11.3 Å². The normalized spacial score (nSPS) is 11.7. The van der Waals surface area contributed by atoms with E-state index in [1.165, 1.54) is 0 Å². The van der Waals surface area contributed by atoms with Crippen LogP contribution in [0.1, 0.15) is 24.8 Å². The third-order valence-electron chi connectivity index (χ3n) is 2.15. The molecule has 0 aliphatic rings. The van der Waals surface area contributed by atoms with Crippen molar-refractivity contribution in [3.8, 4) is 0 Å². The van der Waals surface area contributed by atoms with E-state index < -0.39 is 0 Å². The Morgan fingerprint density at radius 2 is 2.38 bits per heavy atom. The maximum Gasteiger partial charge on any atom is 0.239 e. The minimum Gasteiger partial charge on any atom is -0.338 e. The number of nitrogens with zero attached hydrogens (tertiary/aromatic N) is 2. The van der Waals surface area contributed by atoms with Crippen molar-refractivity contribution in [3.63, 3.8) is 0 Å². The van der Waals surface area contributed by atoms with Crippen LogP contribution in [0.4, 0.5) is 0 Å². The molecule has 2 N–H and O–H groups in total. The predicted octanol–water partition coefficient (Wildman–Crippen LogP) is 1.65. The first-order chi connectivity index (χ1) is 7.15. The van der Waals surface area contributed by atoms with Crippen molar-refractivity contribution in [3.05, 3.63) is 16.6 Å². The second-order valence-electron chi connectivity index (χ2n) is 3.52. The van der Waals surface area contributed by atoms with Gasteiger partial charge in [0.05, 0.1) is 12.6 Å². The lowest BCUT2D eigenvalue weighted by atomic mass is 10.1. The van der Waals surface area contributed by atoms with Crippen LogP contribution in [0.5, 0.6) is 0 Å². The zero-order valence-corrected chi connectivity index (χ0v) is 11.2. The number of thiazole rings is 1. The van der Waals surface area contributed by atoms with Gasteiger partial charge in [0, 0.05) is 18.6 Å². The van der Waals surface area contributed by atoms with Gasteiger partial charge >= 0.3 is 0 Å². The highest BCUT2D eigenvalue weighted by molar-refractivity contribution is 7.09. The highest BCUT2D eigenvalue weighted by Crippen LogP contribution is 2.08. The smallest absolute Gasteiger partial charge is 0.239 e. The van der Waals surface area contributed by atoms with E-state index in [1.54, 1.807) is 29.5 Å². The standard InChI is InChI=1S/C10H17N3OS.ClH/c1-3-4-8(11)10(14)13(2)7-9-12-5-6-15-9;/h5-6,8H,3-4,7,11H2,1-2H3;1H. The summed E-state index contributed by atoms with van der Waals surface area (Å²) in [5.41, 5.74) is 5.75. The maximum atomic E-state index is 11.7. The molecule has 4 nitrogen and oxygen atoms in total. The van der Waals surface area contributed by atoms with Crippen molar-refractivity contribution in [2.45, 2.75) is 32.4 Å². The molecule has 6 heteroatoms. The molecule has 16 heavy (non-hydrogen) atoms. The van der Waals surface area contributed by atoms with Crippen LogP contribution in [0.25, 0.3) is 0 Å². The molecule has 0 radical (unpaired) electrons. The van der Waals surface area contributed by atoms with Crippen molar-refractivity contribution in [1.29, 1.82) is 0 Å². The molecule has 1 amide bonds. The van der Waals surface area contributed by atoms with E-state index >= 15 is 0 Å². The number of carbonyl (C=O) groups is 1. The number of halogens is 1. The summed E-state index contributed by atoms with van der Waals surface area (Å²) in [5, 5.41) is 2.84. The Labute approximate surface area is 106 Å². The van der Waals surface area contributed by atoms with Crippen molar-refractivity contribution in [1.82, 2.24) is 9.88 Å². The van der Waals surface area contributed by atoms with Crippen molar-refractivity contribution < 1.29 is 4.79 Å². The van der Waals surface area contributed by atoms with E-state index in [-0.39, 0.29) is 24.4 Å². The third kappa shape index (κ3) is 4.47. The van der Waals surface area contributed by atoms with Crippen LogP contribution in [0.15, 0.2) is 11.6 Å². The molecule has 1 aromatic heterocycles. The van der Waals surface area contributed by atoms with Crippen LogP contribution >= 0.6 is 23.7 Å². The molecule has 1 atom stereocenters. The average molecular weight is 264 g/mol. The number of aromatic nitrogens is 1. The summed E-state index contributed by atoms with van der Waals surface area (Å²) in [6, 6.07) is -0.375. The quantitative estimate of drug-likeness (QED) is 0.879. The topological polar surface area (TPSA) is 59.2 Å². The maximum absolute atomic E-state index is 11.7. The van der Waals surface area contributed by atoms with Gasteiger partial charge < -0.3 is 10.6 Å². The molecule has 0 bridgehead atoms. The van der Waals surface area contributed by atoms with E-state index in [0.717, 1.165) is 17.8 Å². The summed E-state index contributed by atoms with van der Waals surface area (Å²) in [6.07, 6.45) is 3.41. The van der Waals surface area contributed by atoms with Gasteiger partial charge in [0.1, 0.15) is 5.01 Å². The average Bonchev–Trinajstić information content (AvgIpc) is 2.69. The second-order valence-corrected chi connectivity index (χ2v) is 4.49. The van der Waals surface area contributed by atoms with Gasteiger partial charge in [-0.1, -0.05) is 13.3 Å². The zero-order valence-electron chi connectivity index (χ0n) is 9.55. The van der Waals surface area contributed by atoms with E-state index in [9.17, 15) is 4.79 Å². The summed E-state index contributed by atoms with van der Waals surface area (Å²) < 4.78 is 0. The zero-order chi connectivity index (χ0) is 11.3. The molecule has 0 aromatic carbocycles. The molecule has 0 aliphatic heterocycles. The van der Waals surface area contributed by atoms with Crippen LogP contribution in [0, 0.1) is 0 Å². The monoisotopic (exact) mass is 263 g/mol. The van der Waals surface area contributed by atoms with Crippen LogP contribution in [0.2, 0.25) is 0 Å². The first-order valence-corrected chi connectivity index (χ1v) is 5.92. The predicted molar refractivity (Wildman–Crippen MR) is 68.7 cm³/mol. The molecule has 1 unspecified atom stereocenters. The van der Waals surface area contributed by atoms with Gasteiger partial charge in [-0.2, -0.15) is 0 Å². The van der Waals surface area contributed by atoms with Crippen molar-refractivity contribution in [2.24, 2.45) is 5.73 Å². The third-order valence-corrected chi connectivity index (χ3v) is 2.91. The van der Waals surface area contributed by atoms with Crippen molar-refractivity contribution in [2.75, 3.05) is 7.05 Å². The number of hydrogen-bond donors (Lipinski definition) is 1. The number of nitrogens with two attached hydrogens (primary N) is 1. The Kier molecular flexibility index (Phi) is 7.29. The molecule has 0 fully saturated rings. The fourth-order valence-electron chi connectivity index (χ4n) is 1.33. The summed E-state index contributed by atoms with van der Waals surface area (Å²) in [4.78, 5) is 17.5. The number of carbonyl (C=O) groups excluding carboxylic acids is 1. The first kappa shape index (κ1) is 15.3. The number of amides is 1. The van der Waals surface area contributed by atoms with Crippen molar-refractivity contribution >= 4 is 29.7 Å². The summed E-state index contributed by atoms with van der Waals surface area (Å²) in [6.45, 7) is 2.57. The summed E-state index contributed by atoms with van der Waals surface area (Å²) in [5.74, 6) is -0.00736. The molecule has 0 saturated carbocycles. The van der Waals surface area contributed by atoms with Gasteiger partial charge in [-0.05, 0) is 6.42 Å². The Bertz CT molecular complexity index is 305. The van der Waals surface area contributed by atoms with Gasteiger partial charge in [-0.3, -0.25) is 4.79 Å². The number of rotatable bonds is 5. The van der Waals surface area contributed by atoms with E-state index in [0.29, 0.717) is 6.54 Å². The molecule has 0 spiro atoms. The van der Waals surface area contributed by atoms with Crippen LogP contribution in [-0.4, -0.2) is 28.9 Å².